The lowest BCUT2D eigenvalue weighted by Crippen LogP contribution is -2.13. The zero-order chi connectivity index (χ0) is 15.1. The molecule has 0 aliphatic rings. The van der Waals surface area contributed by atoms with Crippen molar-refractivity contribution in [3.8, 4) is 5.75 Å². The Balaban J connectivity index is 0.00000242. The number of carbonyl (C=O) groups is 1. The first-order chi connectivity index (χ1) is 10.2. The first-order valence-electron chi connectivity index (χ1n) is 6.69. The number of nitrogens with two attached hydrogens (primary N) is 1. The number of benzene rings is 1. The van der Waals surface area contributed by atoms with E-state index in [-0.39, 0.29) is 24.7 Å². The third kappa shape index (κ3) is 5.71. The molecule has 2 rings (SSSR count). The Hall–Kier alpha value is -2.12. The van der Waals surface area contributed by atoms with Gasteiger partial charge in [-0.1, -0.05) is 5.16 Å². The molecule has 1 heterocycles. The fourth-order valence-electron chi connectivity index (χ4n) is 1.70. The summed E-state index contributed by atoms with van der Waals surface area (Å²) < 4.78 is 10.3. The van der Waals surface area contributed by atoms with Gasteiger partial charge < -0.3 is 20.3 Å². The number of halogens is 1. The number of hydrogen-bond donors (Lipinski definition) is 2. The molecule has 1 amide bonds. The summed E-state index contributed by atoms with van der Waals surface area (Å²) in [6, 6.07) is 7.13. The Bertz CT molecular complexity index is 586. The Kier molecular flexibility index (Phi) is 7.34. The summed E-state index contributed by atoms with van der Waals surface area (Å²) in [4.78, 5) is 15.8. The standard InChI is InChI=1S/C14H18N4O3.ClH/c1-10-16-14(21-18-10)7-6-13(19)17-11-2-4-12(5-3-11)20-9-8-15;/h2-5H,6-9,15H2,1H3,(H,17,19);1H. The smallest absolute Gasteiger partial charge is 0.227 e. The maximum absolute atomic E-state index is 11.8. The molecule has 0 bridgehead atoms. The van der Waals surface area contributed by atoms with Crippen molar-refractivity contribution >= 4 is 24.0 Å². The highest BCUT2D eigenvalue weighted by atomic mass is 35.5. The molecule has 0 atom stereocenters. The Morgan fingerprint density at radius 2 is 2.09 bits per heavy atom. The number of amides is 1. The molecule has 0 unspecified atom stereocenters. The topological polar surface area (TPSA) is 103 Å². The summed E-state index contributed by atoms with van der Waals surface area (Å²) in [5.41, 5.74) is 6.07. The molecule has 0 aliphatic heterocycles. The summed E-state index contributed by atoms with van der Waals surface area (Å²) in [5, 5.41) is 6.47. The number of nitrogens with zero attached hydrogens (tertiary/aromatic N) is 2. The third-order valence-corrected chi connectivity index (χ3v) is 2.66. The molecule has 120 valence electrons. The number of hydrogen-bond acceptors (Lipinski definition) is 6. The summed E-state index contributed by atoms with van der Waals surface area (Å²) in [7, 11) is 0. The lowest BCUT2D eigenvalue weighted by Gasteiger charge is -2.07. The van der Waals surface area contributed by atoms with Crippen LogP contribution < -0.4 is 15.8 Å². The van der Waals surface area contributed by atoms with Crippen LogP contribution in [0.4, 0.5) is 5.69 Å². The lowest BCUT2D eigenvalue weighted by molar-refractivity contribution is -0.116. The number of carbonyl (C=O) groups excluding carboxylic acids is 1. The van der Waals surface area contributed by atoms with Crippen molar-refractivity contribution in [2.24, 2.45) is 5.73 Å². The maximum Gasteiger partial charge on any atom is 0.227 e. The van der Waals surface area contributed by atoms with Crippen LogP contribution in [0.15, 0.2) is 28.8 Å². The highest BCUT2D eigenvalue weighted by molar-refractivity contribution is 5.90. The van der Waals surface area contributed by atoms with Crippen LogP contribution in [0, 0.1) is 6.92 Å². The van der Waals surface area contributed by atoms with Gasteiger partial charge in [-0.25, -0.2) is 0 Å². The molecule has 3 N–H and O–H groups in total. The number of rotatable bonds is 7. The van der Waals surface area contributed by atoms with E-state index in [4.69, 9.17) is 15.0 Å². The zero-order valence-electron chi connectivity index (χ0n) is 12.2. The van der Waals surface area contributed by atoms with E-state index in [1.807, 2.05) is 0 Å². The largest absolute Gasteiger partial charge is 0.492 e. The van der Waals surface area contributed by atoms with Crippen LogP contribution in [0.5, 0.6) is 5.75 Å². The minimum absolute atomic E-state index is 0. The average Bonchev–Trinajstić information content (AvgIpc) is 2.90. The van der Waals surface area contributed by atoms with Crippen molar-refractivity contribution in [2.75, 3.05) is 18.5 Å². The molecule has 0 saturated carbocycles. The zero-order valence-corrected chi connectivity index (χ0v) is 13.1. The molecule has 0 aliphatic carbocycles. The summed E-state index contributed by atoms with van der Waals surface area (Å²) >= 11 is 0. The van der Waals surface area contributed by atoms with Crippen LogP contribution in [0.3, 0.4) is 0 Å². The number of aryl methyl sites for hydroxylation is 2. The molecular weight excluding hydrogens is 308 g/mol. The predicted molar refractivity (Wildman–Crippen MR) is 84.2 cm³/mol. The molecule has 1 aromatic heterocycles. The minimum atomic E-state index is -0.110. The quantitative estimate of drug-likeness (QED) is 0.802. The van der Waals surface area contributed by atoms with Gasteiger partial charge in [0.2, 0.25) is 11.8 Å². The van der Waals surface area contributed by atoms with E-state index < -0.39 is 0 Å². The average molecular weight is 327 g/mol. The summed E-state index contributed by atoms with van der Waals surface area (Å²) in [6.45, 7) is 2.67. The van der Waals surface area contributed by atoms with E-state index in [1.54, 1.807) is 31.2 Å². The fourth-order valence-corrected chi connectivity index (χ4v) is 1.70. The van der Waals surface area contributed by atoms with Gasteiger partial charge in [-0.15, -0.1) is 12.4 Å². The summed E-state index contributed by atoms with van der Waals surface area (Å²) in [6.07, 6.45) is 0.706. The van der Waals surface area contributed by atoms with Crippen molar-refractivity contribution in [1.29, 1.82) is 0 Å². The summed E-state index contributed by atoms with van der Waals surface area (Å²) in [5.74, 6) is 1.65. The van der Waals surface area contributed by atoms with Gasteiger partial charge in [0, 0.05) is 25.1 Å². The molecule has 0 radical (unpaired) electrons. The third-order valence-electron chi connectivity index (χ3n) is 2.66. The molecular formula is C14H19ClN4O3. The minimum Gasteiger partial charge on any atom is -0.492 e. The second kappa shape index (κ2) is 9.01. The number of anilines is 1. The van der Waals surface area contributed by atoms with Crippen LogP contribution in [0.2, 0.25) is 0 Å². The highest BCUT2D eigenvalue weighted by Crippen LogP contribution is 2.15. The van der Waals surface area contributed by atoms with E-state index in [9.17, 15) is 4.79 Å². The van der Waals surface area contributed by atoms with Gasteiger partial charge in [0.1, 0.15) is 12.4 Å². The van der Waals surface area contributed by atoms with Crippen molar-refractivity contribution in [2.45, 2.75) is 19.8 Å². The van der Waals surface area contributed by atoms with Crippen LogP contribution in [-0.4, -0.2) is 29.2 Å². The number of aromatic nitrogens is 2. The van der Waals surface area contributed by atoms with Crippen LogP contribution in [-0.2, 0) is 11.2 Å². The van der Waals surface area contributed by atoms with Crippen LogP contribution >= 0.6 is 12.4 Å². The van der Waals surface area contributed by atoms with Gasteiger partial charge in [0.05, 0.1) is 0 Å². The van der Waals surface area contributed by atoms with E-state index in [2.05, 4.69) is 15.5 Å². The number of nitrogens with one attached hydrogen (secondary N) is 1. The highest BCUT2D eigenvalue weighted by Gasteiger charge is 2.07. The molecule has 0 fully saturated rings. The Morgan fingerprint density at radius 3 is 2.68 bits per heavy atom. The fraction of sp³-hybridized carbons (Fsp3) is 0.357. The van der Waals surface area contributed by atoms with E-state index in [0.29, 0.717) is 37.0 Å². The monoisotopic (exact) mass is 326 g/mol. The second-order valence-corrected chi connectivity index (χ2v) is 4.45. The molecule has 0 saturated heterocycles. The predicted octanol–water partition coefficient (Wildman–Crippen LogP) is 1.71. The van der Waals surface area contributed by atoms with Crippen molar-refractivity contribution < 1.29 is 14.1 Å². The van der Waals surface area contributed by atoms with E-state index >= 15 is 0 Å². The first-order valence-corrected chi connectivity index (χ1v) is 6.69. The van der Waals surface area contributed by atoms with Gasteiger partial charge in [0.25, 0.3) is 0 Å². The normalized spacial score (nSPS) is 9.91. The molecule has 7 nitrogen and oxygen atoms in total. The van der Waals surface area contributed by atoms with Crippen LogP contribution in [0.25, 0.3) is 0 Å². The van der Waals surface area contributed by atoms with Crippen molar-refractivity contribution in [3.05, 3.63) is 36.0 Å². The molecule has 2 aromatic rings. The molecule has 22 heavy (non-hydrogen) atoms. The van der Waals surface area contributed by atoms with Gasteiger partial charge in [-0.3, -0.25) is 4.79 Å². The molecule has 1 aromatic carbocycles. The van der Waals surface area contributed by atoms with Crippen LogP contribution in [0.1, 0.15) is 18.1 Å². The Labute approximate surface area is 134 Å². The second-order valence-electron chi connectivity index (χ2n) is 4.45. The molecule has 0 spiro atoms. The van der Waals surface area contributed by atoms with E-state index in [0.717, 1.165) is 5.75 Å². The molecule has 8 heteroatoms. The first kappa shape index (κ1) is 17.9. The van der Waals surface area contributed by atoms with Crippen molar-refractivity contribution in [1.82, 2.24) is 10.1 Å². The lowest BCUT2D eigenvalue weighted by atomic mass is 10.2. The van der Waals surface area contributed by atoms with Gasteiger partial charge in [0.15, 0.2) is 5.82 Å². The SMILES string of the molecule is Cc1noc(CCC(=O)Nc2ccc(OCCN)cc2)n1.Cl. The number of ether oxygens (including phenoxy) is 1. The maximum atomic E-state index is 11.8. The van der Waals surface area contributed by atoms with E-state index in [1.165, 1.54) is 0 Å². The van der Waals surface area contributed by atoms with Gasteiger partial charge >= 0.3 is 0 Å². The van der Waals surface area contributed by atoms with Crippen molar-refractivity contribution in [3.63, 3.8) is 0 Å². The Morgan fingerprint density at radius 1 is 1.36 bits per heavy atom. The van der Waals surface area contributed by atoms with Gasteiger partial charge in [-0.05, 0) is 31.2 Å². The van der Waals surface area contributed by atoms with Gasteiger partial charge in [-0.2, -0.15) is 4.98 Å².